The Balaban J connectivity index is 1.46. The fourth-order valence-electron chi connectivity index (χ4n) is 2.97. The minimum atomic E-state index is -0.0657. The van der Waals surface area contributed by atoms with Gasteiger partial charge in [-0.15, -0.1) is 0 Å². The number of nitrogens with one attached hydrogen (secondary N) is 1. The lowest BCUT2D eigenvalue weighted by Gasteiger charge is -2.25. The summed E-state index contributed by atoms with van der Waals surface area (Å²) in [7, 11) is 0. The number of hydrogen-bond acceptors (Lipinski definition) is 4. The molecule has 1 aliphatic carbocycles. The third kappa shape index (κ3) is 3.44. The van der Waals surface area contributed by atoms with Gasteiger partial charge in [-0.2, -0.15) is 0 Å². The number of rotatable bonds is 4. The first-order chi connectivity index (χ1) is 9.81. The van der Waals surface area contributed by atoms with Crippen molar-refractivity contribution in [2.45, 2.75) is 38.3 Å². The molecule has 0 amide bonds. The highest BCUT2D eigenvalue weighted by atomic mass is 16.6. The number of ether oxygens (including phenoxy) is 2. The Hall–Kier alpha value is -1.26. The molecular formula is C16H23NO3. The van der Waals surface area contributed by atoms with Gasteiger partial charge in [0.25, 0.3) is 0 Å². The molecule has 1 aromatic rings. The van der Waals surface area contributed by atoms with Gasteiger partial charge < -0.3 is 19.9 Å². The SMILES string of the molecule is OC1CCC(CNCc2ccc3c(c2)OCCO3)CC1. The summed E-state index contributed by atoms with van der Waals surface area (Å²) in [6, 6.07) is 6.14. The van der Waals surface area contributed by atoms with Gasteiger partial charge in [-0.25, -0.2) is 0 Å². The van der Waals surface area contributed by atoms with Crippen LogP contribution >= 0.6 is 0 Å². The summed E-state index contributed by atoms with van der Waals surface area (Å²) < 4.78 is 11.1. The zero-order valence-electron chi connectivity index (χ0n) is 11.8. The highest BCUT2D eigenvalue weighted by molar-refractivity contribution is 5.43. The van der Waals surface area contributed by atoms with Crippen molar-refractivity contribution in [3.05, 3.63) is 23.8 Å². The van der Waals surface area contributed by atoms with E-state index in [0.717, 1.165) is 50.3 Å². The second kappa shape index (κ2) is 6.46. The normalized spacial score (nSPS) is 25.4. The molecule has 1 aliphatic heterocycles. The van der Waals surface area contributed by atoms with Crippen molar-refractivity contribution in [3.8, 4) is 11.5 Å². The van der Waals surface area contributed by atoms with E-state index in [9.17, 15) is 5.11 Å². The monoisotopic (exact) mass is 277 g/mol. The van der Waals surface area contributed by atoms with Gasteiger partial charge in [-0.1, -0.05) is 6.07 Å². The summed E-state index contributed by atoms with van der Waals surface area (Å²) in [6.07, 6.45) is 4.11. The van der Waals surface area contributed by atoms with E-state index in [4.69, 9.17) is 9.47 Å². The van der Waals surface area contributed by atoms with Crippen LogP contribution in [0.2, 0.25) is 0 Å². The Morgan fingerprint density at radius 3 is 2.60 bits per heavy atom. The lowest BCUT2D eigenvalue weighted by Crippen LogP contribution is -2.27. The second-order valence-corrected chi connectivity index (χ2v) is 5.78. The fourth-order valence-corrected chi connectivity index (χ4v) is 2.97. The van der Waals surface area contributed by atoms with Crippen molar-refractivity contribution in [1.29, 1.82) is 0 Å². The summed E-state index contributed by atoms with van der Waals surface area (Å²) in [6.45, 7) is 3.16. The third-order valence-electron chi connectivity index (χ3n) is 4.19. The fraction of sp³-hybridized carbons (Fsp3) is 0.625. The van der Waals surface area contributed by atoms with Crippen LogP contribution < -0.4 is 14.8 Å². The van der Waals surface area contributed by atoms with Crippen LogP contribution in [0, 0.1) is 5.92 Å². The molecule has 20 heavy (non-hydrogen) atoms. The van der Waals surface area contributed by atoms with Crippen LogP contribution in [0.25, 0.3) is 0 Å². The van der Waals surface area contributed by atoms with Crippen molar-refractivity contribution in [1.82, 2.24) is 5.32 Å². The first-order valence-electron chi connectivity index (χ1n) is 7.58. The molecule has 2 aliphatic rings. The van der Waals surface area contributed by atoms with Crippen LogP contribution in [-0.4, -0.2) is 31.0 Å². The maximum atomic E-state index is 9.50. The van der Waals surface area contributed by atoms with Crippen LogP contribution in [0.4, 0.5) is 0 Å². The number of aliphatic hydroxyl groups is 1. The van der Waals surface area contributed by atoms with Gasteiger partial charge in [-0.05, 0) is 55.8 Å². The van der Waals surface area contributed by atoms with Crippen LogP contribution in [0.3, 0.4) is 0 Å². The van der Waals surface area contributed by atoms with E-state index >= 15 is 0 Å². The van der Waals surface area contributed by atoms with Crippen molar-refractivity contribution < 1.29 is 14.6 Å². The van der Waals surface area contributed by atoms with E-state index in [1.807, 2.05) is 6.07 Å². The molecule has 0 atom stereocenters. The molecule has 0 radical (unpaired) electrons. The molecule has 4 nitrogen and oxygen atoms in total. The van der Waals surface area contributed by atoms with Crippen LogP contribution in [0.5, 0.6) is 11.5 Å². The van der Waals surface area contributed by atoms with Crippen LogP contribution in [0.1, 0.15) is 31.2 Å². The van der Waals surface area contributed by atoms with Gasteiger partial charge in [0.2, 0.25) is 0 Å². The number of fused-ring (bicyclic) bond motifs is 1. The lowest BCUT2D eigenvalue weighted by molar-refractivity contribution is 0.108. The summed E-state index contributed by atoms with van der Waals surface area (Å²) in [5.41, 5.74) is 1.23. The first-order valence-corrected chi connectivity index (χ1v) is 7.58. The summed E-state index contributed by atoms with van der Waals surface area (Å²) in [5, 5.41) is 13.0. The smallest absolute Gasteiger partial charge is 0.161 e. The van der Waals surface area contributed by atoms with Gasteiger partial charge in [0.1, 0.15) is 13.2 Å². The van der Waals surface area contributed by atoms with E-state index in [1.54, 1.807) is 0 Å². The van der Waals surface area contributed by atoms with Crippen molar-refractivity contribution in [2.24, 2.45) is 5.92 Å². The predicted octanol–water partition coefficient (Wildman–Crippen LogP) is 2.10. The minimum absolute atomic E-state index is 0.0657. The maximum Gasteiger partial charge on any atom is 0.161 e. The molecule has 0 unspecified atom stereocenters. The molecule has 1 heterocycles. The molecule has 0 spiro atoms. The molecule has 0 saturated heterocycles. The zero-order valence-corrected chi connectivity index (χ0v) is 11.8. The quantitative estimate of drug-likeness (QED) is 0.885. The summed E-state index contributed by atoms with van der Waals surface area (Å²) >= 11 is 0. The maximum absolute atomic E-state index is 9.50. The predicted molar refractivity (Wildman–Crippen MR) is 77.1 cm³/mol. The topological polar surface area (TPSA) is 50.7 Å². The Morgan fingerprint density at radius 2 is 1.80 bits per heavy atom. The third-order valence-corrected chi connectivity index (χ3v) is 4.19. The number of aliphatic hydroxyl groups excluding tert-OH is 1. The van der Waals surface area contributed by atoms with Crippen LogP contribution in [0.15, 0.2) is 18.2 Å². The number of hydrogen-bond donors (Lipinski definition) is 2. The molecule has 1 saturated carbocycles. The van der Waals surface area contributed by atoms with Crippen molar-refractivity contribution in [3.63, 3.8) is 0 Å². The molecular weight excluding hydrogens is 254 g/mol. The molecule has 1 fully saturated rings. The molecule has 1 aromatic carbocycles. The Kier molecular flexibility index (Phi) is 4.43. The molecule has 4 heteroatoms. The van der Waals surface area contributed by atoms with Gasteiger partial charge >= 0.3 is 0 Å². The molecule has 2 N–H and O–H groups in total. The van der Waals surface area contributed by atoms with Crippen molar-refractivity contribution in [2.75, 3.05) is 19.8 Å². The van der Waals surface area contributed by atoms with Gasteiger partial charge in [0, 0.05) is 6.54 Å². The molecule has 0 bridgehead atoms. The Morgan fingerprint density at radius 1 is 1.05 bits per heavy atom. The van der Waals surface area contributed by atoms with Crippen molar-refractivity contribution >= 4 is 0 Å². The summed E-state index contributed by atoms with van der Waals surface area (Å²) in [4.78, 5) is 0. The molecule has 0 aromatic heterocycles. The van der Waals surface area contributed by atoms with Gasteiger partial charge in [-0.3, -0.25) is 0 Å². The molecule has 3 rings (SSSR count). The van der Waals surface area contributed by atoms with Gasteiger partial charge in [0.05, 0.1) is 6.10 Å². The van der Waals surface area contributed by atoms with E-state index in [-0.39, 0.29) is 6.10 Å². The average molecular weight is 277 g/mol. The van der Waals surface area contributed by atoms with E-state index < -0.39 is 0 Å². The number of benzene rings is 1. The first kappa shape index (κ1) is 13.7. The Labute approximate surface area is 120 Å². The standard InChI is InChI=1S/C16H23NO3/c18-14-4-1-12(2-5-14)10-17-11-13-3-6-15-16(9-13)20-8-7-19-15/h3,6,9,12,14,17-18H,1-2,4-5,7-8,10-11H2. The van der Waals surface area contributed by atoms with E-state index in [1.165, 1.54) is 5.56 Å². The highest BCUT2D eigenvalue weighted by Gasteiger charge is 2.18. The summed E-state index contributed by atoms with van der Waals surface area (Å²) in [5.74, 6) is 2.41. The second-order valence-electron chi connectivity index (χ2n) is 5.78. The van der Waals surface area contributed by atoms with E-state index in [0.29, 0.717) is 19.1 Å². The largest absolute Gasteiger partial charge is 0.486 e. The zero-order chi connectivity index (χ0) is 13.8. The lowest BCUT2D eigenvalue weighted by atomic mass is 9.87. The highest BCUT2D eigenvalue weighted by Crippen LogP contribution is 2.30. The van der Waals surface area contributed by atoms with Gasteiger partial charge in [0.15, 0.2) is 11.5 Å². The molecule has 110 valence electrons. The van der Waals surface area contributed by atoms with E-state index in [2.05, 4.69) is 17.4 Å². The average Bonchev–Trinajstić information content (AvgIpc) is 2.49. The minimum Gasteiger partial charge on any atom is -0.486 e. The Bertz CT molecular complexity index is 441. The van der Waals surface area contributed by atoms with Crippen LogP contribution in [-0.2, 0) is 6.54 Å².